The van der Waals surface area contributed by atoms with Crippen molar-refractivity contribution in [1.29, 1.82) is 0 Å². The fourth-order valence-corrected chi connectivity index (χ4v) is 4.83. The molecule has 7 nitrogen and oxygen atoms in total. The van der Waals surface area contributed by atoms with Gasteiger partial charge in [-0.1, -0.05) is 42.0 Å². The molecule has 4 rings (SSSR count). The highest BCUT2D eigenvalue weighted by molar-refractivity contribution is 5.96. The summed E-state index contributed by atoms with van der Waals surface area (Å²) in [4.78, 5) is 26.6. The van der Waals surface area contributed by atoms with Gasteiger partial charge in [0.1, 0.15) is 24.1 Å². The smallest absolute Gasteiger partial charge is 0.339 e. The summed E-state index contributed by atoms with van der Waals surface area (Å²) in [7, 11) is 1.61. The van der Waals surface area contributed by atoms with Gasteiger partial charge >= 0.3 is 5.97 Å². The average Bonchev–Trinajstić information content (AvgIpc) is 3.17. The van der Waals surface area contributed by atoms with E-state index < -0.39 is 36.2 Å². The quantitative estimate of drug-likeness (QED) is 0.492. The first-order valence-electron chi connectivity index (χ1n) is 12.9. The molecule has 0 aliphatic carbocycles. The van der Waals surface area contributed by atoms with Crippen molar-refractivity contribution in [3.63, 3.8) is 0 Å². The van der Waals surface area contributed by atoms with Crippen LogP contribution in [0.2, 0.25) is 0 Å². The molecule has 1 fully saturated rings. The number of benzene rings is 2. The molecule has 0 bridgehead atoms. The minimum atomic E-state index is -0.887. The molecule has 0 aromatic heterocycles. The predicted octanol–water partition coefficient (Wildman–Crippen LogP) is 5.51. The lowest BCUT2D eigenvalue weighted by Crippen LogP contribution is -2.33. The molecule has 0 saturated carbocycles. The van der Waals surface area contributed by atoms with E-state index in [0.717, 1.165) is 28.0 Å². The summed E-state index contributed by atoms with van der Waals surface area (Å²) in [6, 6.07) is 11.4. The van der Waals surface area contributed by atoms with Gasteiger partial charge in [-0.15, -0.1) is 0 Å². The second-order valence-electron chi connectivity index (χ2n) is 10.3. The van der Waals surface area contributed by atoms with E-state index >= 15 is 0 Å². The van der Waals surface area contributed by atoms with Gasteiger partial charge < -0.3 is 23.7 Å². The number of aryl methyl sites for hydroxylation is 2. The highest BCUT2D eigenvalue weighted by atomic mass is 16.8. The zero-order valence-electron chi connectivity index (χ0n) is 22.9. The molecule has 2 aliphatic heterocycles. The minimum Gasteiger partial charge on any atom is -0.497 e. The molecule has 2 aliphatic rings. The van der Waals surface area contributed by atoms with E-state index in [1.807, 2.05) is 62.4 Å². The number of ketones is 1. The van der Waals surface area contributed by atoms with Crippen LogP contribution in [0, 0.1) is 13.8 Å². The number of carbonyl (C=O) groups excluding carboxylic acids is 2. The van der Waals surface area contributed by atoms with Crippen molar-refractivity contribution < 1.29 is 33.3 Å². The molecule has 0 amide bonds. The first kappa shape index (κ1) is 27.8. The standard InChI is InChI=1S/C31H36O7/c1-19-16-20(2)28-23(17-19)8-7-9-27-29(38-31(4,5)37-27)25(32)14-15-26(21(3)36-30(28)33)35-18-22-10-12-24(34-6)13-11-22/h7-8,10-17,21,26-27,29H,9,18H2,1-6H3/b8-7+,15-14-/t21-,26+,27-,29+/m0/s1. The van der Waals surface area contributed by atoms with Crippen molar-refractivity contribution in [2.75, 3.05) is 7.11 Å². The Morgan fingerprint density at radius 3 is 2.47 bits per heavy atom. The largest absolute Gasteiger partial charge is 0.497 e. The van der Waals surface area contributed by atoms with Crippen LogP contribution in [0.1, 0.15) is 59.8 Å². The first-order chi connectivity index (χ1) is 18.1. The van der Waals surface area contributed by atoms with Gasteiger partial charge in [0.05, 0.1) is 25.4 Å². The van der Waals surface area contributed by atoms with Gasteiger partial charge in [0.25, 0.3) is 0 Å². The number of rotatable bonds is 4. The molecular formula is C31H36O7. The lowest BCUT2D eigenvalue weighted by atomic mass is 9.97. The third-order valence-corrected chi connectivity index (χ3v) is 6.65. The second-order valence-corrected chi connectivity index (χ2v) is 10.3. The number of fused-ring (bicyclic) bond motifs is 2. The second kappa shape index (κ2) is 11.6. The van der Waals surface area contributed by atoms with Gasteiger partial charge in [0.15, 0.2) is 11.6 Å². The van der Waals surface area contributed by atoms with Gasteiger partial charge in [0, 0.05) is 0 Å². The number of ether oxygens (including phenoxy) is 5. The lowest BCUT2D eigenvalue weighted by Gasteiger charge is -2.23. The fraction of sp³-hybridized carbons (Fsp3) is 0.419. The van der Waals surface area contributed by atoms with Gasteiger partial charge in [-0.05, 0) is 82.0 Å². The van der Waals surface area contributed by atoms with Crippen LogP contribution in [0.4, 0.5) is 0 Å². The van der Waals surface area contributed by atoms with Crippen LogP contribution in [0.3, 0.4) is 0 Å². The molecular weight excluding hydrogens is 484 g/mol. The summed E-state index contributed by atoms with van der Waals surface area (Å²) in [6.45, 7) is 9.50. The zero-order chi connectivity index (χ0) is 27.4. The molecule has 4 atom stereocenters. The molecule has 0 spiro atoms. The Hall–Kier alpha value is -3.26. The first-order valence-corrected chi connectivity index (χ1v) is 12.9. The van der Waals surface area contributed by atoms with Crippen molar-refractivity contribution in [3.05, 3.63) is 82.4 Å². The molecule has 1 saturated heterocycles. The lowest BCUT2D eigenvalue weighted by molar-refractivity contribution is -0.152. The number of hydrogen-bond donors (Lipinski definition) is 0. The molecule has 7 heteroatoms. The Morgan fingerprint density at radius 2 is 1.76 bits per heavy atom. The van der Waals surface area contributed by atoms with Crippen molar-refractivity contribution in [1.82, 2.24) is 0 Å². The molecule has 0 radical (unpaired) electrons. The number of esters is 1. The van der Waals surface area contributed by atoms with E-state index in [1.165, 1.54) is 6.08 Å². The van der Waals surface area contributed by atoms with E-state index in [1.54, 1.807) is 34.0 Å². The third-order valence-electron chi connectivity index (χ3n) is 6.65. The Morgan fingerprint density at radius 1 is 1.03 bits per heavy atom. The molecule has 38 heavy (non-hydrogen) atoms. The van der Waals surface area contributed by atoms with Crippen molar-refractivity contribution in [2.24, 2.45) is 0 Å². The molecule has 2 aromatic rings. The number of cyclic esters (lactones) is 1. The average molecular weight is 521 g/mol. The summed E-state index contributed by atoms with van der Waals surface area (Å²) in [5.74, 6) is -0.810. The fourth-order valence-electron chi connectivity index (χ4n) is 4.83. The molecule has 202 valence electrons. The summed E-state index contributed by atoms with van der Waals surface area (Å²) >= 11 is 0. The van der Waals surface area contributed by atoms with E-state index in [9.17, 15) is 9.59 Å². The summed E-state index contributed by atoms with van der Waals surface area (Å²) < 4.78 is 29.3. The van der Waals surface area contributed by atoms with Gasteiger partial charge in [-0.2, -0.15) is 0 Å². The summed E-state index contributed by atoms with van der Waals surface area (Å²) in [5, 5.41) is 0. The van der Waals surface area contributed by atoms with E-state index in [0.29, 0.717) is 12.0 Å². The SMILES string of the molecule is COc1ccc(CO[C@@H]2/C=C\C(=O)[C@H]3OC(C)(C)O[C@H]3C/C=C/c3cc(C)cc(C)c3C(=O)O[C@H]2C)cc1. The van der Waals surface area contributed by atoms with Crippen LogP contribution in [0.15, 0.2) is 54.6 Å². The van der Waals surface area contributed by atoms with Crippen molar-refractivity contribution >= 4 is 17.8 Å². The summed E-state index contributed by atoms with van der Waals surface area (Å²) in [5.41, 5.74) is 4.04. The van der Waals surface area contributed by atoms with Gasteiger partial charge in [-0.3, -0.25) is 4.79 Å². The highest BCUT2D eigenvalue weighted by Crippen LogP contribution is 2.32. The number of carbonyl (C=O) groups is 2. The van der Waals surface area contributed by atoms with Crippen LogP contribution < -0.4 is 4.74 Å². The van der Waals surface area contributed by atoms with Crippen molar-refractivity contribution in [3.8, 4) is 5.75 Å². The molecule has 0 unspecified atom stereocenters. The van der Waals surface area contributed by atoms with Crippen LogP contribution in [0.5, 0.6) is 5.75 Å². The van der Waals surface area contributed by atoms with E-state index in [4.69, 9.17) is 23.7 Å². The topological polar surface area (TPSA) is 80.3 Å². The monoisotopic (exact) mass is 520 g/mol. The van der Waals surface area contributed by atoms with Crippen LogP contribution in [0.25, 0.3) is 6.08 Å². The van der Waals surface area contributed by atoms with Crippen molar-refractivity contribution in [2.45, 2.75) is 77.8 Å². The Kier molecular flexibility index (Phi) is 8.51. The van der Waals surface area contributed by atoms with Crippen LogP contribution in [-0.2, 0) is 30.3 Å². The molecule has 0 N–H and O–H groups in total. The number of methoxy groups -OCH3 is 1. The zero-order valence-corrected chi connectivity index (χ0v) is 22.9. The summed E-state index contributed by atoms with van der Waals surface area (Å²) in [6.07, 6.45) is 4.78. The third kappa shape index (κ3) is 6.59. The predicted molar refractivity (Wildman–Crippen MR) is 144 cm³/mol. The normalized spacial score (nSPS) is 27.0. The van der Waals surface area contributed by atoms with Gasteiger partial charge in [-0.25, -0.2) is 4.79 Å². The highest BCUT2D eigenvalue weighted by Gasteiger charge is 2.43. The van der Waals surface area contributed by atoms with E-state index in [-0.39, 0.29) is 12.4 Å². The molecule has 2 aromatic carbocycles. The van der Waals surface area contributed by atoms with Crippen LogP contribution >= 0.6 is 0 Å². The maximum absolute atomic E-state index is 13.4. The Bertz CT molecular complexity index is 1230. The maximum Gasteiger partial charge on any atom is 0.339 e. The molecule has 2 heterocycles. The Balaban J connectivity index is 1.67. The van der Waals surface area contributed by atoms with Crippen LogP contribution in [-0.4, -0.2) is 49.1 Å². The Labute approximate surface area is 224 Å². The maximum atomic E-state index is 13.4. The van der Waals surface area contributed by atoms with E-state index in [2.05, 4.69) is 0 Å². The van der Waals surface area contributed by atoms with Gasteiger partial charge in [0.2, 0.25) is 0 Å². The minimum absolute atomic E-state index is 0.227. The number of hydrogen-bond acceptors (Lipinski definition) is 7.